The molecule has 0 heterocycles. The van der Waals surface area contributed by atoms with Gasteiger partial charge in [0.1, 0.15) is 0 Å². The molecule has 2 nitrogen and oxygen atoms in total. The van der Waals surface area contributed by atoms with E-state index in [9.17, 15) is 0 Å². The third-order valence-electron chi connectivity index (χ3n) is 2.14. The van der Waals surface area contributed by atoms with E-state index >= 15 is 0 Å². The van der Waals surface area contributed by atoms with E-state index < -0.39 is 0 Å². The lowest BCUT2D eigenvalue weighted by Gasteiger charge is -2.08. The molecular formula is C9H18O2. The molecule has 2 heteroatoms. The molecule has 2 unspecified atom stereocenters. The Hall–Kier alpha value is -0.0800. The lowest BCUT2D eigenvalue weighted by molar-refractivity contribution is -0.322. The average Bonchev–Trinajstić information content (AvgIpc) is 2.37. The van der Waals surface area contributed by atoms with Crippen molar-refractivity contribution in [1.29, 1.82) is 0 Å². The fraction of sp³-hybridized carbons (Fsp3) is 1.00. The largest absolute Gasteiger partial charge is 0.236 e. The summed E-state index contributed by atoms with van der Waals surface area (Å²) < 4.78 is 0. The van der Waals surface area contributed by atoms with Crippen LogP contribution in [0, 0.1) is 5.92 Å². The number of hydrogen-bond acceptors (Lipinski definition) is 2. The molecule has 2 atom stereocenters. The molecule has 11 heavy (non-hydrogen) atoms. The Morgan fingerprint density at radius 3 is 2.73 bits per heavy atom. The van der Waals surface area contributed by atoms with E-state index in [2.05, 4.69) is 13.8 Å². The van der Waals surface area contributed by atoms with Crippen molar-refractivity contribution in [3.05, 3.63) is 0 Å². The topological polar surface area (TPSA) is 18.5 Å². The van der Waals surface area contributed by atoms with Crippen LogP contribution in [0.25, 0.3) is 0 Å². The van der Waals surface area contributed by atoms with Gasteiger partial charge in [0.05, 0.1) is 12.7 Å². The van der Waals surface area contributed by atoms with Crippen LogP contribution in [0.15, 0.2) is 0 Å². The van der Waals surface area contributed by atoms with Gasteiger partial charge in [-0.25, -0.2) is 9.78 Å². The lowest BCUT2D eigenvalue weighted by Crippen LogP contribution is -2.09. The fourth-order valence-corrected chi connectivity index (χ4v) is 1.47. The Morgan fingerprint density at radius 2 is 2.18 bits per heavy atom. The lowest BCUT2D eigenvalue weighted by atomic mass is 10.1. The fourth-order valence-electron chi connectivity index (χ4n) is 1.47. The van der Waals surface area contributed by atoms with Crippen molar-refractivity contribution in [2.45, 2.75) is 45.6 Å². The van der Waals surface area contributed by atoms with Gasteiger partial charge in [0.2, 0.25) is 0 Å². The molecule has 0 aromatic carbocycles. The zero-order valence-corrected chi connectivity index (χ0v) is 7.51. The highest BCUT2D eigenvalue weighted by atomic mass is 17.2. The van der Waals surface area contributed by atoms with Crippen LogP contribution in [0.3, 0.4) is 0 Å². The first kappa shape index (κ1) is 9.01. The van der Waals surface area contributed by atoms with Crippen molar-refractivity contribution in [2.24, 2.45) is 5.92 Å². The van der Waals surface area contributed by atoms with Gasteiger partial charge in [-0.1, -0.05) is 13.8 Å². The van der Waals surface area contributed by atoms with Gasteiger partial charge in [-0.3, -0.25) is 0 Å². The summed E-state index contributed by atoms with van der Waals surface area (Å²) in [7, 11) is 0. The Labute approximate surface area is 68.8 Å². The van der Waals surface area contributed by atoms with E-state index in [1.54, 1.807) is 0 Å². The minimum atomic E-state index is 0.372. The standard InChI is InChI=1S/C9H18O2/c1-3-6-10-11-9-5-4-8(2)7-9/h8-9H,3-7H2,1-2H3. The highest BCUT2D eigenvalue weighted by Crippen LogP contribution is 2.26. The average molecular weight is 158 g/mol. The van der Waals surface area contributed by atoms with Crippen LogP contribution < -0.4 is 0 Å². The maximum atomic E-state index is 5.21. The van der Waals surface area contributed by atoms with Crippen LogP contribution in [0.4, 0.5) is 0 Å². The van der Waals surface area contributed by atoms with Gasteiger partial charge in [0.15, 0.2) is 0 Å². The van der Waals surface area contributed by atoms with Gasteiger partial charge in [-0.2, -0.15) is 0 Å². The molecule has 0 amide bonds. The molecule has 66 valence electrons. The Bertz CT molecular complexity index is 104. The third-order valence-corrected chi connectivity index (χ3v) is 2.14. The monoisotopic (exact) mass is 158 g/mol. The first-order valence-electron chi connectivity index (χ1n) is 4.61. The van der Waals surface area contributed by atoms with Crippen molar-refractivity contribution in [1.82, 2.24) is 0 Å². The molecule has 1 aliphatic rings. The molecule has 1 fully saturated rings. The molecule has 1 rings (SSSR count). The van der Waals surface area contributed by atoms with E-state index in [-0.39, 0.29) is 0 Å². The molecule has 1 saturated carbocycles. The van der Waals surface area contributed by atoms with Crippen LogP contribution in [-0.4, -0.2) is 12.7 Å². The molecule has 0 aromatic rings. The first-order chi connectivity index (χ1) is 5.33. The van der Waals surface area contributed by atoms with Crippen LogP contribution in [0.2, 0.25) is 0 Å². The summed E-state index contributed by atoms with van der Waals surface area (Å²) in [6, 6.07) is 0. The summed E-state index contributed by atoms with van der Waals surface area (Å²) in [5.41, 5.74) is 0. The zero-order chi connectivity index (χ0) is 8.10. The second-order valence-corrected chi connectivity index (χ2v) is 3.46. The third kappa shape index (κ3) is 3.21. The maximum absolute atomic E-state index is 5.21. The van der Waals surface area contributed by atoms with Gasteiger partial charge in [0.25, 0.3) is 0 Å². The van der Waals surface area contributed by atoms with Crippen molar-refractivity contribution < 1.29 is 9.78 Å². The summed E-state index contributed by atoms with van der Waals surface area (Å²) >= 11 is 0. The van der Waals surface area contributed by atoms with Crippen LogP contribution in [0.5, 0.6) is 0 Å². The van der Waals surface area contributed by atoms with Gasteiger partial charge >= 0.3 is 0 Å². The van der Waals surface area contributed by atoms with Crippen molar-refractivity contribution in [3.8, 4) is 0 Å². The van der Waals surface area contributed by atoms with Gasteiger partial charge in [-0.15, -0.1) is 0 Å². The minimum absolute atomic E-state index is 0.372. The van der Waals surface area contributed by atoms with Crippen LogP contribution >= 0.6 is 0 Å². The van der Waals surface area contributed by atoms with Crippen molar-refractivity contribution in [3.63, 3.8) is 0 Å². The first-order valence-corrected chi connectivity index (χ1v) is 4.61. The van der Waals surface area contributed by atoms with E-state index in [1.807, 2.05) is 0 Å². The Balaban J connectivity index is 1.99. The van der Waals surface area contributed by atoms with Crippen molar-refractivity contribution >= 4 is 0 Å². The normalized spacial score (nSPS) is 31.1. The van der Waals surface area contributed by atoms with Crippen LogP contribution in [-0.2, 0) is 9.78 Å². The van der Waals surface area contributed by atoms with E-state index in [0.29, 0.717) is 6.10 Å². The van der Waals surface area contributed by atoms with E-state index in [4.69, 9.17) is 9.78 Å². The molecule has 0 N–H and O–H groups in total. The highest BCUT2D eigenvalue weighted by molar-refractivity contribution is 4.71. The SMILES string of the molecule is CCCOOC1CCC(C)C1. The van der Waals surface area contributed by atoms with E-state index in [1.165, 1.54) is 19.3 Å². The number of rotatable bonds is 4. The molecule has 0 bridgehead atoms. The number of hydrogen-bond donors (Lipinski definition) is 0. The highest BCUT2D eigenvalue weighted by Gasteiger charge is 2.22. The smallest absolute Gasteiger partial charge is 0.0932 e. The molecule has 0 aromatic heterocycles. The summed E-state index contributed by atoms with van der Waals surface area (Å²) in [5, 5.41) is 0. The summed E-state index contributed by atoms with van der Waals surface area (Å²) in [5.74, 6) is 0.824. The molecule has 0 spiro atoms. The summed E-state index contributed by atoms with van der Waals surface area (Å²) in [4.78, 5) is 10.2. The molecular weight excluding hydrogens is 140 g/mol. The summed E-state index contributed by atoms with van der Waals surface area (Å²) in [6.45, 7) is 5.08. The maximum Gasteiger partial charge on any atom is 0.0932 e. The predicted octanol–water partition coefficient (Wildman–Crippen LogP) is 2.53. The Kier molecular flexibility index (Phi) is 3.87. The molecule has 0 saturated heterocycles. The van der Waals surface area contributed by atoms with Crippen LogP contribution in [0.1, 0.15) is 39.5 Å². The quantitative estimate of drug-likeness (QED) is 0.355. The van der Waals surface area contributed by atoms with Gasteiger partial charge in [-0.05, 0) is 31.6 Å². The summed E-state index contributed by atoms with van der Waals surface area (Å²) in [6.07, 6.45) is 5.04. The van der Waals surface area contributed by atoms with Gasteiger partial charge < -0.3 is 0 Å². The minimum Gasteiger partial charge on any atom is -0.236 e. The Morgan fingerprint density at radius 1 is 1.36 bits per heavy atom. The molecule has 0 radical (unpaired) electrons. The predicted molar refractivity (Wildman–Crippen MR) is 44.1 cm³/mol. The van der Waals surface area contributed by atoms with Gasteiger partial charge in [0, 0.05) is 0 Å². The second kappa shape index (κ2) is 4.73. The van der Waals surface area contributed by atoms with E-state index in [0.717, 1.165) is 18.9 Å². The zero-order valence-electron chi connectivity index (χ0n) is 7.51. The van der Waals surface area contributed by atoms with Crippen molar-refractivity contribution in [2.75, 3.05) is 6.61 Å². The molecule has 1 aliphatic carbocycles. The second-order valence-electron chi connectivity index (χ2n) is 3.46. The molecule has 0 aliphatic heterocycles.